The number of benzene rings is 3. The van der Waals surface area contributed by atoms with Gasteiger partial charge in [-0.2, -0.15) is 0 Å². The molecule has 3 aromatic carbocycles. The largest absolute Gasteiger partial charge is 0.486 e. The van der Waals surface area contributed by atoms with E-state index >= 15 is 0 Å². The number of carbonyl (C=O) groups excluding carboxylic acids is 3. The van der Waals surface area contributed by atoms with E-state index in [0.29, 0.717) is 47.8 Å². The van der Waals surface area contributed by atoms with Gasteiger partial charge >= 0.3 is 6.09 Å². The van der Waals surface area contributed by atoms with Crippen LogP contribution in [-0.2, 0) is 27.5 Å². The number of amidine groups is 1. The summed E-state index contributed by atoms with van der Waals surface area (Å²) >= 11 is 1.28. The number of hydrogen-bond acceptors (Lipinski definition) is 9. The molecular weight excluding hydrogens is 596 g/mol. The Morgan fingerprint density at radius 2 is 1.78 bits per heavy atom. The van der Waals surface area contributed by atoms with Crippen molar-refractivity contribution in [1.82, 2.24) is 10.2 Å². The predicted octanol–water partition coefficient (Wildman–Crippen LogP) is 5.71. The van der Waals surface area contributed by atoms with Crippen LogP contribution in [0.3, 0.4) is 0 Å². The Morgan fingerprint density at radius 1 is 1.00 bits per heavy atom. The number of carbonyl (C=O) groups is 3. The van der Waals surface area contributed by atoms with Crippen LogP contribution in [0.4, 0.5) is 16.2 Å². The summed E-state index contributed by atoms with van der Waals surface area (Å²) in [5, 5.41) is 5.16. The zero-order chi connectivity index (χ0) is 31.4. The van der Waals surface area contributed by atoms with Gasteiger partial charge in [0.05, 0.1) is 23.7 Å². The van der Waals surface area contributed by atoms with Crippen molar-refractivity contribution >= 4 is 46.6 Å². The molecule has 45 heavy (non-hydrogen) atoms. The van der Waals surface area contributed by atoms with Gasteiger partial charge in [0.1, 0.15) is 38.4 Å². The average Bonchev–Trinajstić information content (AvgIpc) is 3.58. The van der Waals surface area contributed by atoms with E-state index in [2.05, 4.69) is 10.6 Å². The quantitative estimate of drug-likeness (QED) is 0.122. The third-order valence-electron chi connectivity index (χ3n) is 6.54. The highest BCUT2D eigenvalue weighted by Crippen LogP contribution is 2.36. The Bertz CT molecular complexity index is 1610. The van der Waals surface area contributed by atoms with Gasteiger partial charge in [-0.15, -0.1) is 0 Å². The first-order valence-corrected chi connectivity index (χ1v) is 15.0. The zero-order valence-electron chi connectivity index (χ0n) is 24.5. The molecule has 5 rings (SSSR count). The fourth-order valence-corrected chi connectivity index (χ4v) is 5.27. The fourth-order valence-electron chi connectivity index (χ4n) is 4.29. The third kappa shape index (κ3) is 9.13. The van der Waals surface area contributed by atoms with Crippen molar-refractivity contribution in [2.24, 2.45) is 4.99 Å². The van der Waals surface area contributed by atoms with E-state index in [1.165, 1.54) is 11.8 Å². The van der Waals surface area contributed by atoms with Crippen molar-refractivity contribution in [2.75, 3.05) is 32.1 Å². The number of hydrogen-bond donors (Lipinski definition) is 2. The Morgan fingerprint density at radius 3 is 2.51 bits per heavy atom. The average molecular weight is 629 g/mol. The van der Waals surface area contributed by atoms with E-state index in [-0.39, 0.29) is 13.2 Å². The molecule has 1 aromatic heterocycles. The molecule has 2 heterocycles. The number of fused-ring (bicyclic) bond motifs is 1. The van der Waals surface area contributed by atoms with Crippen molar-refractivity contribution in [3.63, 3.8) is 0 Å². The maximum absolute atomic E-state index is 12.4. The molecule has 0 fully saturated rings. The van der Waals surface area contributed by atoms with Crippen molar-refractivity contribution in [3.8, 4) is 11.5 Å². The second-order valence-corrected chi connectivity index (χ2v) is 11.0. The number of alkyl carbamates (subject to hydrolysis) is 1. The van der Waals surface area contributed by atoms with Crippen LogP contribution < -0.4 is 20.1 Å². The predicted molar refractivity (Wildman–Crippen MR) is 171 cm³/mol. The topological polar surface area (TPSA) is 132 Å². The molecule has 1 unspecified atom stereocenters. The van der Waals surface area contributed by atoms with Crippen LogP contribution in [0.25, 0.3) is 0 Å². The zero-order valence-corrected chi connectivity index (χ0v) is 25.3. The number of thioether (sulfide) groups is 1. The highest BCUT2D eigenvalue weighted by Gasteiger charge is 2.20. The number of anilines is 1. The van der Waals surface area contributed by atoms with Crippen LogP contribution in [0, 0.1) is 0 Å². The minimum absolute atomic E-state index is 0.105. The normalized spacial score (nSPS) is 13.0. The van der Waals surface area contributed by atoms with E-state index in [1.807, 2.05) is 66.5 Å². The van der Waals surface area contributed by atoms with Gasteiger partial charge in [0.25, 0.3) is 0 Å². The molecule has 11 nitrogen and oxygen atoms in total. The second kappa shape index (κ2) is 15.5. The number of ether oxygens (including phenoxy) is 3. The van der Waals surface area contributed by atoms with Gasteiger partial charge in [0.2, 0.25) is 5.91 Å². The number of amides is 2. The lowest BCUT2D eigenvalue weighted by atomic mass is 10.1. The number of rotatable bonds is 11. The molecule has 232 valence electrons. The van der Waals surface area contributed by atoms with Gasteiger partial charge in [-0.1, -0.05) is 54.2 Å². The number of aldehydes is 1. The Balaban J connectivity index is 1.21. The summed E-state index contributed by atoms with van der Waals surface area (Å²) in [6, 6.07) is 25.3. The van der Waals surface area contributed by atoms with Gasteiger partial charge in [-0.25, -0.2) is 9.79 Å². The summed E-state index contributed by atoms with van der Waals surface area (Å²) in [4.78, 5) is 43.4. The molecule has 0 spiro atoms. The number of nitrogens with one attached hydrogen (secondary N) is 2. The molecular formula is C33H32N4O7S. The minimum Gasteiger partial charge on any atom is -0.486 e. The van der Waals surface area contributed by atoms with Gasteiger partial charge in [-0.05, 0) is 47.5 Å². The molecule has 1 aliphatic rings. The molecule has 1 atom stereocenters. The SMILES string of the molecule is CN(Cc1ccco1)C(=Nc1ccc2c(c1)OCCO2)SC(C=O)c1ccc(NC(=O)CNC(=O)OCc2ccccc2)cc1. The summed E-state index contributed by atoms with van der Waals surface area (Å²) in [6.45, 7) is 1.24. The van der Waals surface area contributed by atoms with Gasteiger partial charge in [0.15, 0.2) is 16.7 Å². The van der Waals surface area contributed by atoms with Crippen LogP contribution in [0.1, 0.15) is 22.1 Å². The van der Waals surface area contributed by atoms with E-state index in [0.717, 1.165) is 23.2 Å². The van der Waals surface area contributed by atoms with Gasteiger partial charge < -0.3 is 39.0 Å². The standard InChI is InChI=1S/C33H32N4O7S/c1-37(20-27-8-5-15-41-27)32(36-26-13-14-28-29(18-26)43-17-16-42-28)45-30(21-38)24-9-11-25(12-10-24)35-31(39)19-34-33(40)44-22-23-6-3-2-4-7-23/h2-15,18,21,30H,16-17,19-20,22H2,1H3,(H,34,40)(H,35,39). The molecule has 0 saturated carbocycles. The monoisotopic (exact) mass is 628 g/mol. The van der Waals surface area contributed by atoms with Crippen LogP contribution in [0.5, 0.6) is 11.5 Å². The van der Waals surface area contributed by atoms with Crippen LogP contribution in [-0.4, -0.2) is 55.2 Å². The van der Waals surface area contributed by atoms with Gasteiger partial charge in [0, 0.05) is 18.8 Å². The van der Waals surface area contributed by atoms with E-state index in [4.69, 9.17) is 23.6 Å². The van der Waals surface area contributed by atoms with Crippen LogP contribution >= 0.6 is 11.8 Å². The second-order valence-electron chi connectivity index (χ2n) is 9.92. The fraction of sp³-hybridized carbons (Fsp3) is 0.212. The number of nitrogens with zero attached hydrogens (tertiary/aromatic N) is 2. The molecule has 12 heteroatoms. The molecule has 1 aliphatic heterocycles. The molecule has 2 amide bonds. The Kier molecular flexibility index (Phi) is 10.7. The van der Waals surface area contributed by atoms with Crippen molar-refractivity contribution < 1.29 is 33.0 Å². The van der Waals surface area contributed by atoms with Crippen molar-refractivity contribution in [3.05, 3.63) is 108 Å². The van der Waals surface area contributed by atoms with E-state index in [9.17, 15) is 14.4 Å². The molecule has 2 N–H and O–H groups in total. The van der Waals surface area contributed by atoms with Crippen LogP contribution in [0.15, 0.2) is 101 Å². The molecule has 4 aromatic rings. The first-order chi connectivity index (χ1) is 22.0. The molecule has 0 saturated heterocycles. The number of furan rings is 1. The number of aliphatic imine (C=N–C) groups is 1. The van der Waals surface area contributed by atoms with Crippen LogP contribution in [0.2, 0.25) is 0 Å². The smallest absolute Gasteiger partial charge is 0.407 e. The van der Waals surface area contributed by atoms with Crippen molar-refractivity contribution in [1.29, 1.82) is 0 Å². The highest BCUT2D eigenvalue weighted by molar-refractivity contribution is 8.14. The minimum atomic E-state index is -0.694. The lowest BCUT2D eigenvalue weighted by molar-refractivity contribution is -0.115. The lowest BCUT2D eigenvalue weighted by Crippen LogP contribution is -2.33. The maximum atomic E-state index is 12.4. The maximum Gasteiger partial charge on any atom is 0.407 e. The molecule has 0 radical (unpaired) electrons. The van der Waals surface area contributed by atoms with Crippen molar-refractivity contribution in [2.45, 2.75) is 18.4 Å². The summed E-state index contributed by atoms with van der Waals surface area (Å²) < 4.78 is 22.0. The van der Waals surface area contributed by atoms with E-state index < -0.39 is 17.3 Å². The van der Waals surface area contributed by atoms with Gasteiger partial charge in [-0.3, -0.25) is 4.79 Å². The third-order valence-corrected chi connectivity index (χ3v) is 7.79. The Labute approximate surface area is 264 Å². The summed E-state index contributed by atoms with van der Waals surface area (Å²) in [6.07, 6.45) is 1.76. The lowest BCUT2D eigenvalue weighted by Gasteiger charge is -2.23. The first-order valence-electron chi connectivity index (χ1n) is 14.1. The molecule has 0 aliphatic carbocycles. The summed E-state index contributed by atoms with van der Waals surface area (Å²) in [5.74, 6) is 1.60. The highest BCUT2D eigenvalue weighted by atomic mass is 32.2. The first kappa shape index (κ1) is 31.2. The van der Waals surface area contributed by atoms with E-state index in [1.54, 1.807) is 36.6 Å². The Hall–Kier alpha value is -5.23. The summed E-state index contributed by atoms with van der Waals surface area (Å²) in [5.41, 5.74) is 2.72. The molecule has 0 bridgehead atoms. The summed E-state index contributed by atoms with van der Waals surface area (Å²) in [7, 11) is 1.87.